The highest BCUT2D eigenvalue weighted by molar-refractivity contribution is 9.10. The molecule has 0 fully saturated rings. The SMILES string of the molecule is Cc1cc(Br)ccc1Oc1ccc(CO)c(Cl)c1. The zero-order valence-electron chi connectivity index (χ0n) is 9.78. The van der Waals surface area contributed by atoms with Crippen molar-refractivity contribution >= 4 is 27.5 Å². The summed E-state index contributed by atoms with van der Waals surface area (Å²) in [7, 11) is 0. The topological polar surface area (TPSA) is 29.5 Å². The van der Waals surface area contributed by atoms with E-state index in [2.05, 4.69) is 15.9 Å². The Bertz CT molecular complexity index is 570. The van der Waals surface area contributed by atoms with E-state index in [4.69, 9.17) is 21.4 Å². The Morgan fingerprint density at radius 1 is 1.22 bits per heavy atom. The highest BCUT2D eigenvalue weighted by Gasteiger charge is 2.05. The third kappa shape index (κ3) is 3.05. The minimum Gasteiger partial charge on any atom is -0.457 e. The van der Waals surface area contributed by atoms with Crippen molar-refractivity contribution in [1.29, 1.82) is 0 Å². The molecule has 0 bridgehead atoms. The Balaban J connectivity index is 2.26. The zero-order chi connectivity index (χ0) is 13.1. The van der Waals surface area contributed by atoms with E-state index in [0.29, 0.717) is 16.3 Å². The fourth-order valence-electron chi connectivity index (χ4n) is 1.57. The molecule has 0 unspecified atom stereocenters. The van der Waals surface area contributed by atoms with Crippen molar-refractivity contribution in [3.63, 3.8) is 0 Å². The second-order valence-electron chi connectivity index (χ2n) is 3.92. The highest BCUT2D eigenvalue weighted by atomic mass is 79.9. The minimum atomic E-state index is -0.0730. The molecule has 0 aliphatic carbocycles. The van der Waals surface area contributed by atoms with Crippen LogP contribution >= 0.6 is 27.5 Å². The number of aliphatic hydroxyl groups excluding tert-OH is 1. The fourth-order valence-corrected chi connectivity index (χ4v) is 2.28. The fraction of sp³-hybridized carbons (Fsp3) is 0.143. The molecule has 0 heterocycles. The third-order valence-corrected chi connectivity index (χ3v) is 3.40. The van der Waals surface area contributed by atoms with Crippen LogP contribution in [-0.4, -0.2) is 5.11 Å². The first-order chi connectivity index (χ1) is 8.60. The number of aliphatic hydroxyl groups is 1. The van der Waals surface area contributed by atoms with Gasteiger partial charge in [0.15, 0.2) is 0 Å². The van der Waals surface area contributed by atoms with E-state index in [9.17, 15) is 0 Å². The maximum absolute atomic E-state index is 9.04. The zero-order valence-corrected chi connectivity index (χ0v) is 12.1. The van der Waals surface area contributed by atoms with Crippen LogP contribution in [0.1, 0.15) is 11.1 Å². The normalized spacial score (nSPS) is 10.4. The number of benzene rings is 2. The van der Waals surface area contributed by atoms with Crippen molar-refractivity contribution in [2.75, 3.05) is 0 Å². The predicted octanol–water partition coefficient (Wildman–Crippen LogP) is 4.70. The van der Waals surface area contributed by atoms with Crippen LogP contribution in [-0.2, 0) is 6.61 Å². The van der Waals surface area contributed by atoms with E-state index in [1.807, 2.05) is 25.1 Å². The predicted molar refractivity (Wildman–Crippen MR) is 76.3 cm³/mol. The summed E-state index contributed by atoms with van der Waals surface area (Å²) in [5, 5.41) is 9.55. The van der Waals surface area contributed by atoms with E-state index >= 15 is 0 Å². The molecule has 0 aliphatic rings. The average Bonchev–Trinajstić information content (AvgIpc) is 2.33. The summed E-state index contributed by atoms with van der Waals surface area (Å²) >= 11 is 9.42. The molecule has 2 nitrogen and oxygen atoms in total. The number of halogens is 2. The highest BCUT2D eigenvalue weighted by Crippen LogP contribution is 2.30. The summed E-state index contributed by atoms with van der Waals surface area (Å²) in [6.07, 6.45) is 0. The molecule has 2 aromatic carbocycles. The van der Waals surface area contributed by atoms with Crippen molar-refractivity contribution in [3.8, 4) is 11.5 Å². The summed E-state index contributed by atoms with van der Waals surface area (Å²) in [4.78, 5) is 0. The second kappa shape index (κ2) is 5.74. The smallest absolute Gasteiger partial charge is 0.130 e. The van der Waals surface area contributed by atoms with Gasteiger partial charge in [-0.2, -0.15) is 0 Å². The van der Waals surface area contributed by atoms with Gasteiger partial charge in [0, 0.05) is 9.50 Å². The largest absolute Gasteiger partial charge is 0.457 e. The number of aryl methyl sites for hydroxylation is 1. The Labute approximate surface area is 119 Å². The molecule has 4 heteroatoms. The maximum Gasteiger partial charge on any atom is 0.130 e. The second-order valence-corrected chi connectivity index (χ2v) is 5.25. The van der Waals surface area contributed by atoms with Gasteiger partial charge in [0.1, 0.15) is 11.5 Å². The molecule has 94 valence electrons. The van der Waals surface area contributed by atoms with Crippen LogP contribution in [0, 0.1) is 6.92 Å². The number of hydrogen-bond acceptors (Lipinski definition) is 2. The van der Waals surface area contributed by atoms with Crippen LogP contribution in [0.4, 0.5) is 0 Å². The number of rotatable bonds is 3. The Hall–Kier alpha value is -1.03. The maximum atomic E-state index is 9.04. The molecule has 2 rings (SSSR count). The van der Waals surface area contributed by atoms with Crippen LogP contribution in [0.25, 0.3) is 0 Å². The summed E-state index contributed by atoms with van der Waals surface area (Å²) < 4.78 is 6.77. The van der Waals surface area contributed by atoms with E-state index in [1.54, 1.807) is 18.2 Å². The molecular weight excluding hydrogens is 316 g/mol. The van der Waals surface area contributed by atoms with Crippen LogP contribution in [0.5, 0.6) is 11.5 Å². The Morgan fingerprint density at radius 2 is 2.00 bits per heavy atom. The van der Waals surface area contributed by atoms with E-state index < -0.39 is 0 Å². The van der Waals surface area contributed by atoms with Gasteiger partial charge >= 0.3 is 0 Å². The number of ether oxygens (including phenoxy) is 1. The molecule has 0 atom stereocenters. The molecule has 0 radical (unpaired) electrons. The first-order valence-corrected chi connectivity index (χ1v) is 6.60. The Kier molecular flexibility index (Phi) is 4.27. The van der Waals surface area contributed by atoms with Crippen molar-refractivity contribution < 1.29 is 9.84 Å². The monoisotopic (exact) mass is 326 g/mol. The summed E-state index contributed by atoms with van der Waals surface area (Å²) in [6, 6.07) is 11.1. The molecule has 1 N–H and O–H groups in total. The van der Waals surface area contributed by atoms with E-state index in [-0.39, 0.29) is 6.61 Å². The van der Waals surface area contributed by atoms with Crippen molar-refractivity contribution in [1.82, 2.24) is 0 Å². The summed E-state index contributed by atoms with van der Waals surface area (Å²) in [5.41, 5.74) is 1.73. The van der Waals surface area contributed by atoms with E-state index in [0.717, 1.165) is 15.8 Å². The van der Waals surface area contributed by atoms with Gasteiger partial charge in [-0.3, -0.25) is 0 Å². The lowest BCUT2D eigenvalue weighted by atomic mass is 10.2. The van der Waals surface area contributed by atoms with Gasteiger partial charge in [-0.1, -0.05) is 33.6 Å². The first-order valence-electron chi connectivity index (χ1n) is 5.43. The summed E-state index contributed by atoms with van der Waals surface area (Å²) in [5.74, 6) is 1.44. The number of hydrogen-bond donors (Lipinski definition) is 1. The molecule has 0 saturated heterocycles. The van der Waals surface area contributed by atoms with Crippen LogP contribution in [0.3, 0.4) is 0 Å². The molecule has 0 aromatic heterocycles. The van der Waals surface area contributed by atoms with Gasteiger partial charge in [0.25, 0.3) is 0 Å². The average molecular weight is 328 g/mol. The van der Waals surface area contributed by atoms with Crippen LogP contribution in [0.15, 0.2) is 40.9 Å². The van der Waals surface area contributed by atoms with Gasteiger partial charge in [-0.15, -0.1) is 0 Å². The van der Waals surface area contributed by atoms with Gasteiger partial charge in [0.05, 0.1) is 6.61 Å². The summed E-state index contributed by atoms with van der Waals surface area (Å²) in [6.45, 7) is 1.90. The molecule has 0 amide bonds. The minimum absolute atomic E-state index is 0.0730. The van der Waals surface area contributed by atoms with Crippen LogP contribution < -0.4 is 4.74 Å². The standard InChI is InChI=1S/C14H12BrClO2/c1-9-6-11(15)3-5-14(9)18-12-4-2-10(8-17)13(16)7-12/h2-7,17H,8H2,1H3. The molecular formula is C14H12BrClO2. The van der Waals surface area contributed by atoms with E-state index in [1.165, 1.54) is 0 Å². The van der Waals surface area contributed by atoms with Crippen molar-refractivity contribution in [3.05, 3.63) is 57.0 Å². The Morgan fingerprint density at radius 3 is 2.61 bits per heavy atom. The van der Waals surface area contributed by atoms with Crippen LogP contribution in [0.2, 0.25) is 5.02 Å². The molecule has 18 heavy (non-hydrogen) atoms. The molecule has 0 saturated carbocycles. The van der Waals surface area contributed by atoms with Gasteiger partial charge in [-0.25, -0.2) is 0 Å². The molecule has 0 spiro atoms. The van der Waals surface area contributed by atoms with Gasteiger partial charge in [0.2, 0.25) is 0 Å². The lowest BCUT2D eigenvalue weighted by Gasteiger charge is -2.10. The molecule has 2 aromatic rings. The quantitative estimate of drug-likeness (QED) is 0.885. The van der Waals surface area contributed by atoms with Crippen molar-refractivity contribution in [2.24, 2.45) is 0 Å². The van der Waals surface area contributed by atoms with Gasteiger partial charge < -0.3 is 9.84 Å². The first kappa shape index (κ1) is 13.4. The van der Waals surface area contributed by atoms with Gasteiger partial charge in [-0.05, 0) is 48.4 Å². The van der Waals surface area contributed by atoms with Crippen molar-refractivity contribution in [2.45, 2.75) is 13.5 Å². The lowest BCUT2D eigenvalue weighted by molar-refractivity contribution is 0.282. The molecule has 0 aliphatic heterocycles. The lowest BCUT2D eigenvalue weighted by Crippen LogP contribution is -1.90. The third-order valence-electron chi connectivity index (χ3n) is 2.56.